The summed E-state index contributed by atoms with van der Waals surface area (Å²) in [7, 11) is 1.61. The van der Waals surface area contributed by atoms with Crippen LogP contribution in [0.3, 0.4) is 0 Å². The van der Waals surface area contributed by atoms with Gasteiger partial charge in [0.1, 0.15) is 10.8 Å². The SMILES string of the molecule is COc1cccc(-c2nnc(NC(=O)c3ccc([C@H]4CC[C@H](CC(=O)O)CC4)cc3)s2)c1. The standard InChI is InChI=1S/C24H25N3O4S/c1-31-20-4-2-3-19(14-20)23-26-27-24(32-23)25-22(30)18-11-9-17(10-12-18)16-7-5-15(6-8-16)13-21(28)29/h2-4,9-12,14-16H,5-8,13H2,1H3,(H,28,29)(H,25,27,30)/t15-,16-. The van der Waals surface area contributed by atoms with Gasteiger partial charge in [0.15, 0.2) is 0 Å². The van der Waals surface area contributed by atoms with Crippen molar-refractivity contribution in [1.29, 1.82) is 0 Å². The molecule has 0 atom stereocenters. The highest BCUT2D eigenvalue weighted by Crippen LogP contribution is 2.37. The number of carboxylic acid groups (broad SMARTS) is 1. The van der Waals surface area contributed by atoms with Gasteiger partial charge in [-0.05, 0) is 67.3 Å². The van der Waals surface area contributed by atoms with Gasteiger partial charge in [0.05, 0.1) is 7.11 Å². The fourth-order valence-electron chi connectivity index (χ4n) is 4.17. The molecule has 1 saturated carbocycles. The third-order valence-corrected chi connectivity index (χ3v) is 6.80. The van der Waals surface area contributed by atoms with Crippen molar-refractivity contribution in [3.63, 3.8) is 0 Å². The van der Waals surface area contributed by atoms with Gasteiger partial charge in [-0.3, -0.25) is 14.9 Å². The Morgan fingerprint density at radius 3 is 2.53 bits per heavy atom. The van der Waals surface area contributed by atoms with Crippen LogP contribution in [0.25, 0.3) is 10.6 Å². The van der Waals surface area contributed by atoms with E-state index in [9.17, 15) is 9.59 Å². The molecule has 0 radical (unpaired) electrons. The van der Waals surface area contributed by atoms with E-state index in [0.717, 1.165) is 37.0 Å². The van der Waals surface area contributed by atoms with Crippen LogP contribution < -0.4 is 10.1 Å². The zero-order valence-corrected chi connectivity index (χ0v) is 18.6. The van der Waals surface area contributed by atoms with Gasteiger partial charge >= 0.3 is 5.97 Å². The number of aliphatic carboxylic acids is 1. The minimum atomic E-state index is -0.713. The Morgan fingerprint density at radius 1 is 1.09 bits per heavy atom. The number of ether oxygens (including phenoxy) is 1. The van der Waals surface area contributed by atoms with Crippen molar-refractivity contribution < 1.29 is 19.4 Å². The zero-order chi connectivity index (χ0) is 22.5. The molecule has 0 saturated heterocycles. The fourth-order valence-corrected chi connectivity index (χ4v) is 4.90. The maximum absolute atomic E-state index is 12.6. The number of benzene rings is 2. The average Bonchev–Trinajstić information content (AvgIpc) is 3.28. The number of rotatable bonds is 7. The Bertz CT molecular complexity index is 1090. The summed E-state index contributed by atoms with van der Waals surface area (Å²) >= 11 is 1.31. The molecule has 1 amide bonds. The molecule has 0 spiro atoms. The number of aromatic nitrogens is 2. The number of nitrogens with zero attached hydrogens (tertiary/aromatic N) is 2. The quantitative estimate of drug-likeness (QED) is 0.511. The monoisotopic (exact) mass is 451 g/mol. The number of methoxy groups -OCH3 is 1. The van der Waals surface area contributed by atoms with E-state index >= 15 is 0 Å². The van der Waals surface area contributed by atoms with Crippen molar-refractivity contribution >= 4 is 28.3 Å². The normalized spacial score (nSPS) is 18.2. The first-order valence-corrected chi connectivity index (χ1v) is 11.4. The maximum atomic E-state index is 12.6. The molecular weight excluding hydrogens is 426 g/mol. The highest BCUT2D eigenvalue weighted by molar-refractivity contribution is 7.18. The Balaban J connectivity index is 1.35. The number of carbonyl (C=O) groups is 2. The van der Waals surface area contributed by atoms with Crippen LogP contribution in [0.1, 0.15) is 53.9 Å². The van der Waals surface area contributed by atoms with Gasteiger partial charge < -0.3 is 9.84 Å². The van der Waals surface area contributed by atoms with Gasteiger partial charge in [0.2, 0.25) is 5.13 Å². The molecule has 166 valence electrons. The van der Waals surface area contributed by atoms with Crippen LogP contribution in [-0.2, 0) is 4.79 Å². The number of hydrogen-bond acceptors (Lipinski definition) is 6. The first-order valence-electron chi connectivity index (χ1n) is 10.6. The van der Waals surface area contributed by atoms with Crippen LogP contribution in [0.2, 0.25) is 0 Å². The van der Waals surface area contributed by atoms with Gasteiger partial charge in [-0.25, -0.2) is 0 Å². The van der Waals surface area contributed by atoms with Crippen molar-refractivity contribution in [1.82, 2.24) is 10.2 Å². The summed E-state index contributed by atoms with van der Waals surface area (Å²) < 4.78 is 5.24. The van der Waals surface area contributed by atoms with Crippen LogP contribution in [0.15, 0.2) is 48.5 Å². The van der Waals surface area contributed by atoms with Gasteiger partial charge in [-0.15, -0.1) is 10.2 Å². The summed E-state index contributed by atoms with van der Waals surface area (Å²) in [6, 6.07) is 15.2. The molecule has 2 N–H and O–H groups in total. The van der Waals surface area contributed by atoms with Crippen LogP contribution in [0.4, 0.5) is 5.13 Å². The topological polar surface area (TPSA) is 101 Å². The summed E-state index contributed by atoms with van der Waals surface area (Å²) in [5, 5.41) is 21.2. The van der Waals surface area contributed by atoms with Crippen molar-refractivity contribution in [2.24, 2.45) is 5.92 Å². The molecule has 2 aromatic carbocycles. The third kappa shape index (κ3) is 5.31. The molecule has 32 heavy (non-hydrogen) atoms. The molecule has 3 aromatic rings. The lowest BCUT2D eigenvalue weighted by Crippen LogP contribution is -2.16. The first-order chi connectivity index (χ1) is 15.5. The van der Waals surface area contributed by atoms with Crippen molar-refractivity contribution in [2.45, 2.75) is 38.0 Å². The molecule has 0 bridgehead atoms. The molecule has 7 nitrogen and oxygen atoms in total. The summed E-state index contributed by atoms with van der Waals surface area (Å²) in [4.78, 5) is 23.5. The van der Waals surface area contributed by atoms with Crippen LogP contribution in [-0.4, -0.2) is 34.3 Å². The average molecular weight is 452 g/mol. The summed E-state index contributed by atoms with van der Waals surface area (Å²) in [5.41, 5.74) is 2.64. The highest BCUT2D eigenvalue weighted by atomic mass is 32.1. The molecule has 1 aromatic heterocycles. The van der Waals surface area contributed by atoms with E-state index in [1.807, 2.05) is 48.5 Å². The number of carboxylic acids is 1. The molecule has 4 rings (SSSR count). The molecular formula is C24H25N3O4S. The van der Waals surface area contributed by atoms with Crippen LogP contribution >= 0.6 is 11.3 Å². The fraction of sp³-hybridized carbons (Fsp3) is 0.333. The van der Waals surface area contributed by atoms with Crippen molar-refractivity contribution in [3.8, 4) is 16.3 Å². The Labute approximate surface area is 190 Å². The lowest BCUT2D eigenvalue weighted by molar-refractivity contribution is -0.138. The predicted octanol–water partition coefficient (Wildman–Crippen LogP) is 5.21. The third-order valence-electron chi connectivity index (χ3n) is 5.92. The Morgan fingerprint density at radius 2 is 1.84 bits per heavy atom. The largest absolute Gasteiger partial charge is 0.497 e. The second-order valence-electron chi connectivity index (χ2n) is 8.04. The van der Waals surface area contributed by atoms with E-state index in [0.29, 0.717) is 21.6 Å². The minimum Gasteiger partial charge on any atom is -0.497 e. The maximum Gasteiger partial charge on any atom is 0.303 e. The molecule has 0 unspecified atom stereocenters. The number of hydrogen-bond donors (Lipinski definition) is 2. The van der Waals surface area contributed by atoms with E-state index in [1.54, 1.807) is 7.11 Å². The van der Waals surface area contributed by atoms with E-state index in [-0.39, 0.29) is 18.2 Å². The van der Waals surface area contributed by atoms with E-state index in [4.69, 9.17) is 9.84 Å². The number of amides is 1. The molecule has 0 aliphatic heterocycles. The lowest BCUT2D eigenvalue weighted by Gasteiger charge is -2.28. The van der Waals surface area contributed by atoms with Crippen molar-refractivity contribution in [3.05, 3.63) is 59.7 Å². The van der Waals surface area contributed by atoms with E-state index in [1.165, 1.54) is 16.9 Å². The number of anilines is 1. The van der Waals surface area contributed by atoms with Crippen LogP contribution in [0.5, 0.6) is 5.75 Å². The number of nitrogens with one attached hydrogen (secondary N) is 1. The summed E-state index contributed by atoms with van der Waals surface area (Å²) in [5.74, 6) is 0.497. The second kappa shape index (κ2) is 9.91. The van der Waals surface area contributed by atoms with Crippen LogP contribution in [0, 0.1) is 5.92 Å². The van der Waals surface area contributed by atoms with Gasteiger partial charge in [-0.2, -0.15) is 0 Å². The van der Waals surface area contributed by atoms with E-state index < -0.39 is 5.97 Å². The Kier molecular flexibility index (Phi) is 6.80. The Hall–Kier alpha value is -3.26. The van der Waals surface area contributed by atoms with Gasteiger partial charge in [0.25, 0.3) is 5.91 Å². The minimum absolute atomic E-state index is 0.227. The molecule has 1 heterocycles. The second-order valence-corrected chi connectivity index (χ2v) is 9.01. The number of carbonyl (C=O) groups excluding carboxylic acids is 1. The summed E-state index contributed by atoms with van der Waals surface area (Å²) in [6.45, 7) is 0. The highest BCUT2D eigenvalue weighted by Gasteiger charge is 2.24. The molecule has 1 fully saturated rings. The smallest absolute Gasteiger partial charge is 0.303 e. The summed E-state index contributed by atoms with van der Waals surface area (Å²) in [6.07, 6.45) is 4.11. The zero-order valence-electron chi connectivity index (χ0n) is 17.8. The predicted molar refractivity (Wildman–Crippen MR) is 123 cm³/mol. The van der Waals surface area contributed by atoms with Gasteiger partial charge in [-0.1, -0.05) is 35.6 Å². The molecule has 1 aliphatic carbocycles. The van der Waals surface area contributed by atoms with Crippen molar-refractivity contribution in [2.75, 3.05) is 12.4 Å². The lowest BCUT2D eigenvalue weighted by atomic mass is 9.77. The van der Waals surface area contributed by atoms with E-state index in [2.05, 4.69) is 15.5 Å². The molecule has 8 heteroatoms. The van der Waals surface area contributed by atoms with Gasteiger partial charge in [0, 0.05) is 17.5 Å². The first kappa shape index (κ1) is 22.0. The molecule has 1 aliphatic rings.